The first-order valence-corrected chi connectivity index (χ1v) is 10.9. The average Bonchev–Trinajstić information content (AvgIpc) is 3.03. The van der Waals surface area contributed by atoms with Crippen LogP contribution >= 0.6 is 24.0 Å². The van der Waals surface area contributed by atoms with Crippen LogP contribution in [0.25, 0.3) is 0 Å². The van der Waals surface area contributed by atoms with Crippen molar-refractivity contribution in [3.8, 4) is 11.5 Å². The fourth-order valence-corrected chi connectivity index (χ4v) is 3.03. The minimum absolute atomic E-state index is 0. The monoisotopic (exact) mass is 552 g/mol. The lowest BCUT2D eigenvalue weighted by atomic mass is 10.1. The Morgan fingerprint density at radius 1 is 1.06 bits per heavy atom. The number of fused-ring (bicyclic) bond motifs is 1. The Balaban J connectivity index is 0.00000363. The molecule has 3 N–H and O–H groups in total. The first kappa shape index (κ1) is 25.8. The summed E-state index contributed by atoms with van der Waals surface area (Å²) in [6, 6.07) is 13.5. The Bertz CT molecular complexity index is 903. The second kappa shape index (κ2) is 13.1. The van der Waals surface area contributed by atoms with Gasteiger partial charge in [-0.15, -0.1) is 24.0 Å². The lowest BCUT2D eigenvalue weighted by Crippen LogP contribution is -2.31. The predicted molar refractivity (Wildman–Crippen MR) is 140 cm³/mol. The molecule has 7 nitrogen and oxygen atoms in total. The summed E-state index contributed by atoms with van der Waals surface area (Å²) >= 11 is 0. The van der Waals surface area contributed by atoms with Gasteiger partial charge in [0.15, 0.2) is 17.5 Å². The van der Waals surface area contributed by atoms with E-state index in [9.17, 15) is 4.79 Å². The number of guanidine groups is 1. The molecule has 1 atom stereocenters. The molecule has 174 valence electrons. The molecule has 0 radical (unpaired) electrons. The van der Waals surface area contributed by atoms with Crippen LogP contribution in [0.1, 0.15) is 49.5 Å². The molecule has 32 heavy (non-hydrogen) atoms. The minimum Gasteiger partial charge on any atom is -0.490 e. The third-order valence-electron chi connectivity index (χ3n) is 4.98. The number of hydrogen-bond donors (Lipinski definition) is 3. The molecule has 3 rings (SSSR count). The van der Waals surface area contributed by atoms with Gasteiger partial charge < -0.3 is 25.4 Å². The van der Waals surface area contributed by atoms with Crippen molar-refractivity contribution in [2.75, 3.05) is 25.1 Å². The highest BCUT2D eigenvalue weighted by Gasteiger charge is 2.12. The van der Waals surface area contributed by atoms with Crippen LogP contribution in [0, 0.1) is 0 Å². The van der Waals surface area contributed by atoms with Crippen LogP contribution in [0.3, 0.4) is 0 Å². The van der Waals surface area contributed by atoms with Gasteiger partial charge in [0.25, 0.3) is 5.91 Å². The van der Waals surface area contributed by atoms with E-state index in [1.807, 2.05) is 63.2 Å². The topological polar surface area (TPSA) is 84.0 Å². The summed E-state index contributed by atoms with van der Waals surface area (Å²) in [6.07, 6.45) is 1.78. The molecule has 1 aliphatic heterocycles. The fourth-order valence-electron chi connectivity index (χ4n) is 3.03. The molecule has 1 heterocycles. The van der Waals surface area contributed by atoms with Crippen molar-refractivity contribution in [1.82, 2.24) is 10.6 Å². The number of halogens is 1. The number of hydrogen-bond acceptors (Lipinski definition) is 4. The predicted octanol–water partition coefficient (Wildman–Crippen LogP) is 4.57. The maximum atomic E-state index is 12.2. The Hall–Kier alpha value is -2.49. The van der Waals surface area contributed by atoms with Crippen molar-refractivity contribution in [1.29, 1.82) is 0 Å². The van der Waals surface area contributed by atoms with E-state index in [4.69, 9.17) is 9.47 Å². The number of anilines is 1. The van der Waals surface area contributed by atoms with E-state index < -0.39 is 0 Å². The second-order valence-electron chi connectivity index (χ2n) is 7.51. The zero-order valence-corrected chi connectivity index (χ0v) is 21.3. The summed E-state index contributed by atoms with van der Waals surface area (Å²) in [5, 5.41) is 9.55. The summed E-state index contributed by atoms with van der Waals surface area (Å²) in [4.78, 5) is 16.9. The molecule has 1 unspecified atom stereocenters. The first-order valence-electron chi connectivity index (χ1n) is 10.9. The van der Waals surface area contributed by atoms with Gasteiger partial charge in [-0.3, -0.25) is 4.79 Å². The molecule has 0 aliphatic carbocycles. The zero-order chi connectivity index (χ0) is 22.1. The Morgan fingerprint density at radius 3 is 2.47 bits per heavy atom. The number of carbonyl (C=O) groups excluding carboxylic acids is 1. The van der Waals surface area contributed by atoms with E-state index in [1.54, 1.807) is 0 Å². The number of ether oxygens (including phenoxy) is 2. The van der Waals surface area contributed by atoms with Crippen molar-refractivity contribution >= 4 is 41.5 Å². The molecule has 0 bridgehead atoms. The van der Waals surface area contributed by atoms with Crippen molar-refractivity contribution in [2.24, 2.45) is 4.99 Å². The van der Waals surface area contributed by atoms with Crippen LogP contribution in [0.2, 0.25) is 0 Å². The number of amides is 1. The Morgan fingerprint density at radius 2 is 1.78 bits per heavy atom. The standard InChI is InChI=1S/C24H32N4O3.HI/c1-4-17(3)27-23(29)19-9-7-18(8-10-19)16-26-24(25-5-2)28-20-11-12-21-22(15-20)31-14-6-13-30-21;/h7-12,15,17H,4-6,13-14,16H2,1-3H3,(H,27,29)(H2,25,26,28);1H. The molecule has 2 aromatic rings. The maximum absolute atomic E-state index is 12.2. The molecule has 0 spiro atoms. The average molecular weight is 552 g/mol. The number of nitrogens with zero attached hydrogens (tertiary/aromatic N) is 1. The van der Waals surface area contributed by atoms with Gasteiger partial charge in [-0.05, 0) is 50.1 Å². The van der Waals surface area contributed by atoms with Gasteiger partial charge in [-0.1, -0.05) is 19.1 Å². The normalized spacial score (nSPS) is 13.9. The highest BCUT2D eigenvalue weighted by atomic mass is 127. The molecule has 1 aliphatic rings. The SMILES string of the molecule is CCNC(=NCc1ccc(C(=O)NC(C)CC)cc1)Nc1ccc2c(c1)OCCCO2.I. The Kier molecular flexibility index (Phi) is 10.6. The molecule has 1 amide bonds. The van der Waals surface area contributed by atoms with Crippen molar-refractivity contribution in [3.63, 3.8) is 0 Å². The van der Waals surface area contributed by atoms with Crippen LogP contribution < -0.4 is 25.4 Å². The molecule has 0 fully saturated rings. The number of carbonyl (C=O) groups is 1. The quantitative estimate of drug-likeness (QED) is 0.266. The van der Waals surface area contributed by atoms with Gasteiger partial charge in [0.2, 0.25) is 0 Å². The number of benzene rings is 2. The summed E-state index contributed by atoms with van der Waals surface area (Å²) in [7, 11) is 0. The first-order chi connectivity index (χ1) is 15.1. The van der Waals surface area contributed by atoms with Crippen LogP contribution in [0.4, 0.5) is 5.69 Å². The van der Waals surface area contributed by atoms with Gasteiger partial charge in [0.1, 0.15) is 0 Å². The van der Waals surface area contributed by atoms with Crippen LogP contribution in [0.15, 0.2) is 47.5 Å². The van der Waals surface area contributed by atoms with Gasteiger partial charge in [-0.25, -0.2) is 4.99 Å². The molecule has 2 aromatic carbocycles. The third kappa shape index (κ3) is 7.58. The fraction of sp³-hybridized carbons (Fsp3) is 0.417. The second-order valence-corrected chi connectivity index (χ2v) is 7.51. The summed E-state index contributed by atoms with van der Waals surface area (Å²) < 4.78 is 11.5. The Labute approximate surface area is 207 Å². The zero-order valence-electron chi connectivity index (χ0n) is 18.9. The van der Waals surface area contributed by atoms with E-state index in [1.165, 1.54) is 0 Å². The molecule has 0 saturated heterocycles. The van der Waals surface area contributed by atoms with Crippen LogP contribution in [-0.4, -0.2) is 37.7 Å². The van der Waals surface area contributed by atoms with Crippen LogP contribution in [0.5, 0.6) is 11.5 Å². The van der Waals surface area contributed by atoms with E-state index in [0.717, 1.165) is 42.1 Å². The largest absolute Gasteiger partial charge is 0.490 e. The summed E-state index contributed by atoms with van der Waals surface area (Å²) in [6.45, 7) is 8.62. The maximum Gasteiger partial charge on any atom is 0.251 e. The molecular formula is C24H33IN4O3. The highest BCUT2D eigenvalue weighted by Crippen LogP contribution is 2.32. The summed E-state index contributed by atoms with van der Waals surface area (Å²) in [5.74, 6) is 2.14. The van der Waals surface area contributed by atoms with Crippen molar-refractivity contribution in [3.05, 3.63) is 53.6 Å². The van der Waals surface area contributed by atoms with Gasteiger partial charge >= 0.3 is 0 Å². The van der Waals surface area contributed by atoms with Gasteiger partial charge in [-0.2, -0.15) is 0 Å². The van der Waals surface area contributed by atoms with Gasteiger partial charge in [0, 0.05) is 36.3 Å². The molecule has 0 aromatic heterocycles. The highest BCUT2D eigenvalue weighted by molar-refractivity contribution is 14.0. The lowest BCUT2D eigenvalue weighted by molar-refractivity contribution is 0.0939. The third-order valence-corrected chi connectivity index (χ3v) is 4.98. The number of aliphatic imine (C=N–C) groups is 1. The van der Waals surface area contributed by atoms with Crippen molar-refractivity contribution < 1.29 is 14.3 Å². The van der Waals surface area contributed by atoms with E-state index in [2.05, 4.69) is 20.9 Å². The molecular weight excluding hydrogens is 519 g/mol. The number of rotatable bonds is 7. The van der Waals surface area contributed by atoms with Crippen LogP contribution in [-0.2, 0) is 6.54 Å². The van der Waals surface area contributed by atoms with E-state index >= 15 is 0 Å². The minimum atomic E-state index is -0.0474. The van der Waals surface area contributed by atoms with Crippen molar-refractivity contribution in [2.45, 2.75) is 46.2 Å². The molecule has 8 heteroatoms. The number of nitrogens with one attached hydrogen (secondary N) is 3. The smallest absolute Gasteiger partial charge is 0.251 e. The van der Waals surface area contributed by atoms with Gasteiger partial charge in [0.05, 0.1) is 19.8 Å². The molecule has 0 saturated carbocycles. The lowest BCUT2D eigenvalue weighted by Gasteiger charge is -2.14. The van der Waals surface area contributed by atoms with E-state index in [-0.39, 0.29) is 35.9 Å². The summed E-state index contributed by atoms with van der Waals surface area (Å²) in [5.41, 5.74) is 2.56. The van der Waals surface area contributed by atoms with E-state index in [0.29, 0.717) is 31.3 Å².